The summed E-state index contributed by atoms with van der Waals surface area (Å²) in [6.45, 7) is 4.68. The van der Waals surface area contributed by atoms with Gasteiger partial charge in [-0.05, 0) is 48.7 Å². The Morgan fingerprint density at radius 2 is 1.69 bits per heavy atom. The molecule has 1 atom stereocenters. The van der Waals surface area contributed by atoms with Gasteiger partial charge in [0.05, 0.1) is 6.42 Å². The number of nitrogens with one attached hydrogen (secondary N) is 1. The standard InChI is InChI=1S/C22H25Cl3N2O2/c1-3-4-11-26-22(29)15(2)27(14-16-5-8-18(23)9-6-16)21(28)12-17-7-10-19(24)13-20(17)25/h5-10,13,15H,3-4,11-12,14H2,1-2H3,(H,26,29). The van der Waals surface area contributed by atoms with Crippen molar-refractivity contribution in [3.63, 3.8) is 0 Å². The van der Waals surface area contributed by atoms with Crippen molar-refractivity contribution in [2.24, 2.45) is 0 Å². The van der Waals surface area contributed by atoms with Gasteiger partial charge < -0.3 is 10.2 Å². The van der Waals surface area contributed by atoms with Crippen LogP contribution in [0.25, 0.3) is 0 Å². The Morgan fingerprint density at radius 3 is 2.31 bits per heavy atom. The molecule has 0 saturated heterocycles. The van der Waals surface area contributed by atoms with Crippen LogP contribution in [0, 0.1) is 0 Å². The van der Waals surface area contributed by atoms with Crippen molar-refractivity contribution in [3.8, 4) is 0 Å². The van der Waals surface area contributed by atoms with E-state index in [0.717, 1.165) is 18.4 Å². The molecule has 2 aromatic rings. The van der Waals surface area contributed by atoms with E-state index in [1.165, 1.54) is 0 Å². The minimum atomic E-state index is -0.624. The Morgan fingerprint density at radius 1 is 1.03 bits per heavy atom. The Hall–Kier alpha value is -1.75. The molecule has 0 fully saturated rings. The maximum absolute atomic E-state index is 13.1. The Kier molecular flexibility index (Phi) is 9.28. The monoisotopic (exact) mass is 454 g/mol. The normalized spacial score (nSPS) is 11.8. The van der Waals surface area contributed by atoms with E-state index in [9.17, 15) is 9.59 Å². The highest BCUT2D eigenvalue weighted by atomic mass is 35.5. The summed E-state index contributed by atoms with van der Waals surface area (Å²) in [5.41, 5.74) is 1.55. The Balaban J connectivity index is 2.20. The molecule has 1 N–H and O–H groups in total. The molecule has 0 aliphatic rings. The zero-order chi connectivity index (χ0) is 21.4. The van der Waals surface area contributed by atoms with Gasteiger partial charge in [-0.2, -0.15) is 0 Å². The van der Waals surface area contributed by atoms with Crippen molar-refractivity contribution in [3.05, 3.63) is 68.7 Å². The van der Waals surface area contributed by atoms with Crippen LogP contribution in [0.4, 0.5) is 0 Å². The molecular weight excluding hydrogens is 431 g/mol. The van der Waals surface area contributed by atoms with E-state index in [0.29, 0.717) is 33.7 Å². The van der Waals surface area contributed by atoms with E-state index in [2.05, 4.69) is 12.2 Å². The first-order chi connectivity index (χ1) is 13.8. The highest BCUT2D eigenvalue weighted by molar-refractivity contribution is 6.35. The molecule has 4 nitrogen and oxygen atoms in total. The van der Waals surface area contributed by atoms with Gasteiger partial charge in [0, 0.05) is 28.2 Å². The molecule has 0 aliphatic carbocycles. The number of unbranched alkanes of at least 4 members (excludes halogenated alkanes) is 1. The van der Waals surface area contributed by atoms with Crippen LogP contribution in [0.15, 0.2) is 42.5 Å². The summed E-state index contributed by atoms with van der Waals surface area (Å²) < 4.78 is 0. The molecule has 0 spiro atoms. The molecule has 0 radical (unpaired) electrons. The molecule has 0 heterocycles. The Labute approximate surface area is 187 Å². The number of hydrogen-bond donors (Lipinski definition) is 1. The van der Waals surface area contributed by atoms with E-state index < -0.39 is 6.04 Å². The number of rotatable bonds is 9. The van der Waals surface area contributed by atoms with Gasteiger partial charge >= 0.3 is 0 Å². The quantitative estimate of drug-likeness (QED) is 0.506. The summed E-state index contributed by atoms with van der Waals surface area (Å²) in [5, 5.41) is 4.45. The van der Waals surface area contributed by atoms with Crippen LogP contribution in [0.3, 0.4) is 0 Å². The van der Waals surface area contributed by atoms with Crippen molar-refractivity contribution in [1.82, 2.24) is 10.2 Å². The summed E-state index contributed by atoms with van der Waals surface area (Å²) >= 11 is 18.1. The van der Waals surface area contributed by atoms with E-state index in [1.807, 2.05) is 12.1 Å². The van der Waals surface area contributed by atoms with Gasteiger partial charge in [-0.3, -0.25) is 9.59 Å². The summed E-state index contributed by atoms with van der Waals surface area (Å²) in [7, 11) is 0. The van der Waals surface area contributed by atoms with Crippen LogP contribution >= 0.6 is 34.8 Å². The molecule has 2 amide bonds. The lowest BCUT2D eigenvalue weighted by molar-refractivity contribution is -0.140. The molecule has 29 heavy (non-hydrogen) atoms. The van der Waals surface area contributed by atoms with E-state index in [-0.39, 0.29) is 18.2 Å². The largest absolute Gasteiger partial charge is 0.354 e. The molecule has 1 unspecified atom stereocenters. The van der Waals surface area contributed by atoms with E-state index in [1.54, 1.807) is 42.2 Å². The first-order valence-electron chi connectivity index (χ1n) is 9.57. The zero-order valence-corrected chi connectivity index (χ0v) is 18.8. The fourth-order valence-corrected chi connectivity index (χ4v) is 3.44. The molecular formula is C22H25Cl3N2O2. The molecule has 0 aromatic heterocycles. The van der Waals surface area contributed by atoms with Gasteiger partial charge in [0.25, 0.3) is 0 Å². The van der Waals surface area contributed by atoms with Gasteiger partial charge in [0.15, 0.2) is 0 Å². The average molecular weight is 456 g/mol. The number of hydrogen-bond acceptors (Lipinski definition) is 2. The fourth-order valence-electron chi connectivity index (χ4n) is 2.83. The maximum Gasteiger partial charge on any atom is 0.242 e. The highest BCUT2D eigenvalue weighted by Crippen LogP contribution is 2.23. The second kappa shape index (κ2) is 11.4. The number of halogens is 3. The van der Waals surface area contributed by atoms with Crippen molar-refractivity contribution >= 4 is 46.6 Å². The predicted molar refractivity (Wildman–Crippen MR) is 120 cm³/mol. The number of nitrogens with zero attached hydrogens (tertiary/aromatic N) is 1. The number of benzene rings is 2. The van der Waals surface area contributed by atoms with Crippen LogP contribution in [0.5, 0.6) is 0 Å². The molecule has 0 aliphatic heterocycles. The molecule has 2 rings (SSSR count). The predicted octanol–water partition coefficient (Wildman–Crippen LogP) is 5.52. The summed E-state index contributed by atoms with van der Waals surface area (Å²) in [6.07, 6.45) is 1.96. The van der Waals surface area contributed by atoms with Gasteiger partial charge in [0.1, 0.15) is 6.04 Å². The molecule has 156 valence electrons. The number of carbonyl (C=O) groups is 2. The number of amides is 2. The van der Waals surface area contributed by atoms with Gasteiger partial charge in [0.2, 0.25) is 11.8 Å². The first-order valence-corrected chi connectivity index (χ1v) is 10.7. The van der Waals surface area contributed by atoms with Gasteiger partial charge in [-0.25, -0.2) is 0 Å². The van der Waals surface area contributed by atoms with Crippen molar-refractivity contribution < 1.29 is 9.59 Å². The molecule has 2 aromatic carbocycles. The fraction of sp³-hybridized carbons (Fsp3) is 0.364. The summed E-state index contributed by atoms with van der Waals surface area (Å²) in [6, 6.07) is 11.6. The molecule has 0 bridgehead atoms. The third-order valence-electron chi connectivity index (χ3n) is 4.62. The summed E-state index contributed by atoms with van der Waals surface area (Å²) in [4.78, 5) is 27.3. The minimum absolute atomic E-state index is 0.0795. The van der Waals surface area contributed by atoms with Crippen LogP contribution in [0.2, 0.25) is 15.1 Å². The smallest absolute Gasteiger partial charge is 0.242 e. The molecule has 7 heteroatoms. The Bertz CT molecular complexity index is 840. The third-order valence-corrected chi connectivity index (χ3v) is 5.46. The van der Waals surface area contributed by atoms with Crippen LogP contribution in [-0.4, -0.2) is 29.3 Å². The van der Waals surface area contributed by atoms with E-state index in [4.69, 9.17) is 34.8 Å². The summed E-state index contributed by atoms with van der Waals surface area (Å²) in [5.74, 6) is -0.370. The topological polar surface area (TPSA) is 49.4 Å². The first kappa shape index (κ1) is 23.5. The highest BCUT2D eigenvalue weighted by Gasteiger charge is 2.26. The lowest BCUT2D eigenvalue weighted by Gasteiger charge is -2.29. The van der Waals surface area contributed by atoms with E-state index >= 15 is 0 Å². The minimum Gasteiger partial charge on any atom is -0.354 e. The van der Waals surface area contributed by atoms with Crippen molar-refractivity contribution in [2.45, 2.75) is 45.7 Å². The van der Waals surface area contributed by atoms with Gasteiger partial charge in [-0.1, -0.05) is 66.3 Å². The van der Waals surface area contributed by atoms with Crippen molar-refractivity contribution in [2.75, 3.05) is 6.54 Å². The van der Waals surface area contributed by atoms with Crippen LogP contribution in [0.1, 0.15) is 37.8 Å². The van der Waals surface area contributed by atoms with Crippen LogP contribution < -0.4 is 5.32 Å². The zero-order valence-electron chi connectivity index (χ0n) is 16.6. The maximum atomic E-state index is 13.1. The number of carbonyl (C=O) groups excluding carboxylic acids is 2. The van der Waals surface area contributed by atoms with Crippen molar-refractivity contribution in [1.29, 1.82) is 0 Å². The average Bonchev–Trinajstić information content (AvgIpc) is 2.69. The second-order valence-electron chi connectivity index (χ2n) is 6.88. The third kappa shape index (κ3) is 7.22. The second-order valence-corrected chi connectivity index (χ2v) is 8.16. The van der Waals surface area contributed by atoms with Gasteiger partial charge in [-0.15, -0.1) is 0 Å². The SMILES string of the molecule is CCCCNC(=O)C(C)N(Cc1ccc(Cl)cc1)C(=O)Cc1ccc(Cl)cc1Cl. The lowest BCUT2D eigenvalue weighted by atomic mass is 10.1. The molecule has 0 saturated carbocycles. The van der Waals surface area contributed by atoms with Crippen LogP contribution in [-0.2, 0) is 22.6 Å². The lowest BCUT2D eigenvalue weighted by Crippen LogP contribution is -2.48.